The van der Waals surface area contributed by atoms with E-state index in [4.69, 9.17) is 23.2 Å². The molecule has 0 saturated heterocycles. The first-order valence-corrected chi connectivity index (χ1v) is 12.5. The molecular formula is C23H17Cl2N5O3S2. The van der Waals surface area contributed by atoms with E-state index < -0.39 is 11.8 Å². The number of rotatable bonds is 7. The van der Waals surface area contributed by atoms with E-state index in [-0.39, 0.29) is 5.75 Å². The standard InChI is InChI=1S/C23H17Cl2N5O3S2/c1-12(14-11-34-21(20(14)31)13-5-6-15(24)16(25)10-13)27-29-22(32)17-7-8-18(35-17)23(33)30-28-19-4-2-3-9-26-19/h2-11,31H,1H3,(H,26,28)(H,29,32)(H,30,33)/b27-12+. The summed E-state index contributed by atoms with van der Waals surface area (Å²) < 4.78 is 0. The maximum absolute atomic E-state index is 12.5. The van der Waals surface area contributed by atoms with Crippen LogP contribution in [0, 0.1) is 0 Å². The summed E-state index contributed by atoms with van der Waals surface area (Å²) in [5, 5.41) is 17.3. The number of aromatic nitrogens is 1. The largest absolute Gasteiger partial charge is 0.506 e. The fraction of sp³-hybridized carbons (Fsp3) is 0.0435. The molecule has 0 bridgehead atoms. The minimum Gasteiger partial charge on any atom is -0.506 e. The number of nitrogens with zero attached hydrogens (tertiary/aromatic N) is 2. The fourth-order valence-electron chi connectivity index (χ4n) is 2.90. The topological polar surface area (TPSA) is 116 Å². The lowest BCUT2D eigenvalue weighted by atomic mass is 10.1. The van der Waals surface area contributed by atoms with Crippen molar-refractivity contribution < 1.29 is 14.7 Å². The van der Waals surface area contributed by atoms with Gasteiger partial charge in [-0.1, -0.05) is 35.3 Å². The summed E-state index contributed by atoms with van der Waals surface area (Å²) in [5.41, 5.74) is 9.28. The van der Waals surface area contributed by atoms with E-state index in [0.717, 1.165) is 11.3 Å². The van der Waals surface area contributed by atoms with Crippen LogP contribution in [0.1, 0.15) is 31.8 Å². The van der Waals surface area contributed by atoms with Gasteiger partial charge in [-0.15, -0.1) is 22.7 Å². The van der Waals surface area contributed by atoms with Crippen LogP contribution in [0.15, 0.2) is 65.2 Å². The average molecular weight is 546 g/mol. The van der Waals surface area contributed by atoms with Crippen molar-refractivity contribution in [2.24, 2.45) is 5.10 Å². The number of hydrogen-bond donors (Lipinski definition) is 4. The molecule has 0 spiro atoms. The van der Waals surface area contributed by atoms with E-state index in [0.29, 0.717) is 47.3 Å². The molecule has 2 amide bonds. The van der Waals surface area contributed by atoms with Crippen LogP contribution in [-0.4, -0.2) is 27.6 Å². The summed E-state index contributed by atoms with van der Waals surface area (Å²) in [5.74, 6) is -0.374. The van der Waals surface area contributed by atoms with E-state index in [2.05, 4.69) is 26.4 Å². The Bertz CT molecular complexity index is 1420. The van der Waals surface area contributed by atoms with Gasteiger partial charge < -0.3 is 5.11 Å². The van der Waals surface area contributed by atoms with Gasteiger partial charge in [0.05, 0.1) is 36.0 Å². The SMILES string of the molecule is C/C(=N\NC(=O)c1ccc(C(=O)NNc2ccccn2)s1)c1csc(-c2ccc(Cl)c(Cl)c2)c1O. The molecule has 0 saturated carbocycles. The lowest BCUT2D eigenvalue weighted by Crippen LogP contribution is -2.29. The van der Waals surface area contributed by atoms with Gasteiger partial charge in [0.1, 0.15) is 11.6 Å². The molecule has 8 nitrogen and oxygen atoms in total. The highest BCUT2D eigenvalue weighted by Gasteiger charge is 2.17. The zero-order chi connectivity index (χ0) is 24.9. The van der Waals surface area contributed by atoms with E-state index in [1.54, 1.807) is 61.0 Å². The molecule has 4 rings (SSSR count). The molecule has 35 heavy (non-hydrogen) atoms. The Kier molecular flexibility index (Phi) is 7.67. The van der Waals surface area contributed by atoms with Crippen LogP contribution >= 0.6 is 45.9 Å². The third-order valence-electron chi connectivity index (χ3n) is 4.68. The molecule has 1 aromatic carbocycles. The van der Waals surface area contributed by atoms with Gasteiger partial charge >= 0.3 is 0 Å². The number of hydrazine groups is 1. The quantitative estimate of drug-likeness (QED) is 0.173. The van der Waals surface area contributed by atoms with Crippen molar-refractivity contribution in [1.29, 1.82) is 0 Å². The summed E-state index contributed by atoms with van der Waals surface area (Å²) in [6.07, 6.45) is 1.59. The Morgan fingerprint density at radius 1 is 1.03 bits per heavy atom. The predicted molar refractivity (Wildman–Crippen MR) is 141 cm³/mol. The Morgan fingerprint density at radius 3 is 2.51 bits per heavy atom. The zero-order valence-electron chi connectivity index (χ0n) is 18.0. The van der Waals surface area contributed by atoms with Crippen molar-refractivity contribution in [3.05, 3.63) is 85.5 Å². The Balaban J connectivity index is 1.40. The summed E-state index contributed by atoms with van der Waals surface area (Å²) in [6.45, 7) is 1.66. The lowest BCUT2D eigenvalue weighted by molar-refractivity contribution is 0.0955. The average Bonchev–Trinajstić information content (AvgIpc) is 3.51. The third kappa shape index (κ3) is 5.80. The van der Waals surface area contributed by atoms with Crippen LogP contribution in [0.25, 0.3) is 10.4 Å². The maximum Gasteiger partial charge on any atom is 0.281 e. The number of hydrazone groups is 1. The van der Waals surface area contributed by atoms with Crippen LogP contribution in [-0.2, 0) is 0 Å². The second-order valence-electron chi connectivity index (χ2n) is 7.05. The molecule has 0 aliphatic heterocycles. The van der Waals surface area contributed by atoms with Gasteiger partial charge in [-0.05, 0) is 48.9 Å². The normalized spacial score (nSPS) is 11.2. The molecule has 0 aliphatic carbocycles. The lowest BCUT2D eigenvalue weighted by Gasteiger charge is -2.05. The van der Waals surface area contributed by atoms with Gasteiger partial charge in [-0.25, -0.2) is 10.4 Å². The van der Waals surface area contributed by atoms with Crippen molar-refractivity contribution in [3.63, 3.8) is 0 Å². The number of pyridine rings is 1. The minimum atomic E-state index is -0.481. The van der Waals surface area contributed by atoms with Crippen molar-refractivity contribution in [2.75, 3.05) is 5.43 Å². The first kappa shape index (κ1) is 24.7. The highest BCUT2D eigenvalue weighted by Crippen LogP contribution is 2.40. The monoisotopic (exact) mass is 545 g/mol. The summed E-state index contributed by atoms with van der Waals surface area (Å²) >= 11 is 14.4. The molecule has 178 valence electrons. The number of hydrogen-bond acceptors (Lipinski definition) is 8. The summed E-state index contributed by atoms with van der Waals surface area (Å²) in [4.78, 5) is 30.1. The van der Waals surface area contributed by atoms with E-state index >= 15 is 0 Å². The fourth-order valence-corrected chi connectivity index (χ4v) is 4.99. The van der Waals surface area contributed by atoms with E-state index in [9.17, 15) is 14.7 Å². The number of carbonyl (C=O) groups excluding carboxylic acids is 2. The van der Waals surface area contributed by atoms with Crippen LogP contribution in [0.2, 0.25) is 10.0 Å². The Morgan fingerprint density at radius 2 is 1.80 bits per heavy atom. The van der Waals surface area contributed by atoms with Gasteiger partial charge in [0.25, 0.3) is 11.8 Å². The van der Waals surface area contributed by atoms with Gasteiger partial charge in [0.2, 0.25) is 0 Å². The summed E-state index contributed by atoms with van der Waals surface area (Å²) in [7, 11) is 0. The van der Waals surface area contributed by atoms with Crippen molar-refractivity contribution in [2.45, 2.75) is 6.92 Å². The first-order chi connectivity index (χ1) is 16.8. The minimum absolute atomic E-state index is 0.0272. The Labute approximate surface area is 218 Å². The van der Waals surface area contributed by atoms with Crippen LogP contribution in [0.4, 0.5) is 5.82 Å². The third-order valence-corrected chi connectivity index (χ3v) is 7.52. The molecular weight excluding hydrogens is 529 g/mol. The number of anilines is 1. The second kappa shape index (κ2) is 10.9. The van der Waals surface area contributed by atoms with E-state index in [1.165, 1.54) is 17.4 Å². The molecule has 4 aromatic rings. The van der Waals surface area contributed by atoms with Gasteiger partial charge in [-0.2, -0.15) is 5.10 Å². The molecule has 12 heteroatoms. The van der Waals surface area contributed by atoms with Gasteiger partial charge in [0, 0.05) is 11.6 Å². The van der Waals surface area contributed by atoms with Crippen LogP contribution < -0.4 is 16.3 Å². The number of thiophene rings is 2. The highest BCUT2D eigenvalue weighted by atomic mass is 35.5. The van der Waals surface area contributed by atoms with Crippen LogP contribution in [0.3, 0.4) is 0 Å². The number of aromatic hydroxyl groups is 1. The van der Waals surface area contributed by atoms with Gasteiger partial charge in [0.15, 0.2) is 0 Å². The van der Waals surface area contributed by atoms with Crippen molar-refractivity contribution >= 4 is 69.2 Å². The smallest absolute Gasteiger partial charge is 0.281 e. The predicted octanol–water partition coefficient (Wildman–Crippen LogP) is 5.79. The molecule has 0 radical (unpaired) electrons. The van der Waals surface area contributed by atoms with Crippen LogP contribution in [0.5, 0.6) is 5.75 Å². The van der Waals surface area contributed by atoms with Crippen molar-refractivity contribution in [3.8, 4) is 16.2 Å². The molecule has 3 heterocycles. The summed E-state index contributed by atoms with van der Waals surface area (Å²) in [6, 6.07) is 13.4. The molecule has 4 N–H and O–H groups in total. The number of halogens is 2. The van der Waals surface area contributed by atoms with Crippen molar-refractivity contribution in [1.82, 2.24) is 15.8 Å². The molecule has 0 aliphatic rings. The Hall–Kier alpha value is -3.44. The molecule has 0 fully saturated rings. The molecule has 0 atom stereocenters. The van der Waals surface area contributed by atoms with Gasteiger partial charge in [-0.3, -0.25) is 20.4 Å². The number of carbonyl (C=O) groups is 2. The van der Waals surface area contributed by atoms with E-state index in [1.807, 2.05) is 0 Å². The molecule has 0 unspecified atom stereocenters. The number of benzene rings is 1. The molecule has 3 aromatic heterocycles. The highest BCUT2D eigenvalue weighted by molar-refractivity contribution is 7.16. The second-order valence-corrected chi connectivity index (χ2v) is 9.83. The maximum atomic E-state index is 12.5. The zero-order valence-corrected chi connectivity index (χ0v) is 21.1. The number of amides is 2. The first-order valence-electron chi connectivity index (χ1n) is 10.0. The number of nitrogens with one attached hydrogen (secondary N) is 3.